The van der Waals surface area contributed by atoms with E-state index >= 15 is 0 Å². The largest absolute Gasteiger partial charge is 0.322 e. The topological polar surface area (TPSA) is 48.5 Å². The van der Waals surface area contributed by atoms with E-state index < -0.39 is 0 Å². The molecule has 0 spiro atoms. The molecule has 3 atom stereocenters. The summed E-state index contributed by atoms with van der Waals surface area (Å²) in [6.45, 7) is 3.01. The number of amides is 2. The van der Waals surface area contributed by atoms with Gasteiger partial charge in [0.2, 0.25) is 0 Å². The van der Waals surface area contributed by atoms with Crippen LogP contribution in [0.4, 0.5) is 10.5 Å². The summed E-state index contributed by atoms with van der Waals surface area (Å²) in [5.74, 6) is 0.891. The number of nitrogens with one attached hydrogen (secondary N) is 1. The molecular weight excluding hydrogens is 360 g/mol. The van der Waals surface area contributed by atoms with Crippen LogP contribution in [-0.2, 0) is 0 Å². The standard InChI is InChI=1S/C21H23ClN4O/c22-17-5-1-2-6-18(17)24-21(27)26-13-16(15-4-3-9-23-12-15)20-19(26)14-7-10-25(20)11-8-14/h1-6,9,12,14,16,19-20H,7-8,10-11,13H2,(H,24,27). The Morgan fingerprint density at radius 1 is 1.11 bits per heavy atom. The summed E-state index contributed by atoms with van der Waals surface area (Å²) in [5.41, 5.74) is 1.90. The Hall–Kier alpha value is -2.11. The summed E-state index contributed by atoms with van der Waals surface area (Å²) in [4.78, 5) is 22.2. The number of nitrogens with zero attached hydrogens (tertiary/aromatic N) is 3. The Labute approximate surface area is 164 Å². The van der Waals surface area contributed by atoms with Crippen molar-refractivity contribution < 1.29 is 4.79 Å². The van der Waals surface area contributed by atoms with Gasteiger partial charge in [0.05, 0.1) is 16.8 Å². The minimum absolute atomic E-state index is 0.0433. The van der Waals surface area contributed by atoms with Gasteiger partial charge in [-0.05, 0) is 55.6 Å². The van der Waals surface area contributed by atoms with Crippen molar-refractivity contribution in [1.29, 1.82) is 0 Å². The molecule has 6 heteroatoms. The second-order valence-electron chi connectivity index (χ2n) is 7.81. The fraction of sp³-hybridized carbons (Fsp3) is 0.429. The molecule has 3 unspecified atom stereocenters. The fourth-order valence-corrected chi connectivity index (χ4v) is 5.48. The molecule has 6 rings (SSSR count). The number of aromatic nitrogens is 1. The molecule has 0 saturated carbocycles. The molecule has 2 aromatic rings. The van der Waals surface area contributed by atoms with E-state index in [9.17, 15) is 4.79 Å². The lowest BCUT2D eigenvalue weighted by Gasteiger charge is -2.51. The third-order valence-corrected chi connectivity index (χ3v) is 6.81. The normalized spacial score (nSPS) is 31.6. The van der Waals surface area contributed by atoms with Crippen molar-refractivity contribution in [3.63, 3.8) is 0 Å². The van der Waals surface area contributed by atoms with Gasteiger partial charge in [-0.3, -0.25) is 9.88 Å². The SMILES string of the molecule is O=C(Nc1ccccc1Cl)N1CC(c2cccnc2)C2C1C1CCN2CC1. The summed E-state index contributed by atoms with van der Waals surface area (Å²) in [6.07, 6.45) is 6.12. The molecule has 4 aliphatic rings. The highest BCUT2D eigenvalue weighted by Crippen LogP contribution is 2.46. The zero-order chi connectivity index (χ0) is 18.4. The molecule has 1 N–H and O–H groups in total. The summed E-state index contributed by atoms with van der Waals surface area (Å²) in [5, 5.41) is 3.61. The molecule has 1 aromatic heterocycles. The van der Waals surface area contributed by atoms with Crippen LogP contribution in [0.15, 0.2) is 48.8 Å². The van der Waals surface area contributed by atoms with E-state index in [0.29, 0.717) is 28.6 Å². The number of piperidine rings is 3. The van der Waals surface area contributed by atoms with Gasteiger partial charge in [-0.25, -0.2) is 4.79 Å². The van der Waals surface area contributed by atoms with Crippen LogP contribution >= 0.6 is 11.6 Å². The van der Waals surface area contributed by atoms with E-state index in [1.54, 1.807) is 6.07 Å². The van der Waals surface area contributed by atoms with Crippen LogP contribution < -0.4 is 5.32 Å². The quantitative estimate of drug-likeness (QED) is 0.858. The highest BCUT2D eigenvalue weighted by Gasteiger charge is 2.54. The van der Waals surface area contributed by atoms with E-state index in [1.807, 2.05) is 36.7 Å². The van der Waals surface area contributed by atoms with E-state index in [-0.39, 0.29) is 12.1 Å². The van der Waals surface area contributed by atoms with Crippen LogP contribution in [0.25, 0.3) is 0 Å². The van der Waals surface area contributed by atoms with Crippen molar-refractivity contribution in [2.75, 3.05) is 25.0 Å². The number of rotatable bonds is 2. The average molecular weight is 383 g/mol. The fourth-order valence-electron chi connectivity index (χ4n) is 5.29. The van der Waals surface area contributed by atoms with Gasteiger partial charge >= 0.3 is 6.03 Å². The summed E-state index contributed by atoms with van der Waals surface area (Å²) in [6, 6.07) is 12.2. The summed E-state index contributed by atoms with van der Waals surface area (Å²) in [7, 11) is 0. The van der Waals surface area contributed by atoms with Gasteiger partial charge in [0, 0.05) is 30.9 Å². The smallest absolute Gasteiger partial charge is 0.319 e. The molecule has 0 aliphatic carbocycles. The van der Waals surface area contributed by atoms with Gasteiger partial charge in [-0.2, -0.15) is 0 Å². The van der Waals surface area contributed by atoms with Gasteiger partial charge in [0.15, 0.2) is 0 Å². The zero-order valence-corrected chi connectivity index (χ0v) is 15.8. The van der Waals surface area contributed by atoms with E-state index in [1.165, 1.54) is 18.4 Å². The number of carbonyl (C=O) groups excluding carboxylic acids is 1. The second-order valence-corrected chi connectivity index (χ2v) is 8.22. The van der Waals surface area contributed by atoms with Crippen LogP contribution in [-0.4, -0.2) is 52.5 Å². The third kappa shape index (κ3) is 2.89. The lowest BCUT2D eigenvalue weighted by Crippen LogP contribution is -2.61. The van der Waals surface area contributed by atoms with Crippen molar-refractivity contribution in [1.82, 2.24) is 14.8 Å². The van der Waals surface area contributed by atoms with Crippen LogP contribution in [0.3, 0.4) is 0 Å². The molecule has 27 heavy (non-hydrogen) atoms. The molecule has 5 heterocycles. The average Bonchev–Trinajstić information content (AvgIpc) is 3.14. The monoisotopic (exact) mass is 382 g/mol. The van der Waals surface area contributed by atoms with Crippen LogP contribution in [0.1, 0.15) is 24.3 Å². The first-order chi connectivity index (χ1) is 13.2. The molecule has 4 fully saturated rings. The van der Waals surface area contributed by atoms with Crippen molar-refractivity contribution >= 4 is 23.3 Å². The summed E-state index contributed by atoms with van der Waals surface area (Å²) >= 11 is 6.25. The van der Waals surface area contributed by atoms with E-state index in [4.69, 9.17) is 11.6 Å². The molecule has 0 radical (unpaired) electrons. The van der Waals surface area contributed by atoms with Crippen LogP contribution in [0.5, 0.6) is 0 Å². The van der Waals surface area contributed by atoms with Crippen molar-refractivity contribution in [3.8, 4) is 0 Å². The maximum atomic E-state index is 13.2. The number of urea groups is 1. The first-order valence-electron chi connectivity index (χ1n) is 9.68. The molecule has 2 bridgehead atoms. The predicted molar refractivity (Wildman–Crippen MR) is 106 cm³/mol. The van der Waals surface area contributed by atoms with E-state index in [2.05, 4.69) is 26.2 Å². The Kier molecular flexibility index (Phi) is 4.29. The molecule has 2 amide bonds. The maximum Gasteiger partial charge on any atom is 0.322 e. The van der Waals surface area contributed by atoms with Crippen molar-refractivity contribution in [2.24, 2.45) is 5.92 Å². The Morgan fingerprint density at radius 3 is 2.67 bits per heavy atom. The summed E-state index contributed by atoms with van der Waals surface area (Å²) < 4.78 is 0. The number of benzene rings is 1. The Bertz CT molecular complexity index is 837. The third-order valence-electron chi connectivity index (χ3n) is 6.48. The van der Waals surface area contributed by atoms with Gasteiger partial charge in [-0.15, -0.1) is 0 Å². The number of pyridine rings is 1. The minimum Gasteiger partial charge on any atom is -0.319 e. The molecule has 4 saturated heterocycles. The molecule has 140 valence electrons. The Morgan fingerprint density at radius 2 is 1.93 bits per heavy atom. The number of halogens is 1. The van der Waals surface area contributed by atoms with Gasteiger partial charge < -0.3 is 10.2 Å². The van der Waals surface area contributed by atoms with Gasteiger partial charge in [-0.1, -0.05) is 29.8 Å². The number of carbonyl (C=O) groups is 1. The highest BCUT2D eigenvalue weighted by molar-refractivity contribution is 6.33. The first-order valence-corrected chi connectivity index (χ1v) is 10.1. The lowest BCUT2D eigenvalue weighted by molar-refractivity contribution is 0.00493. The molecular formula is C21H23ClN4O. The zero-order valence-electron chi connectivity index (χ0n) is 15.1. The second kappa shape index (κ2) is 6.80. The van der Waals surface area contributed by atoms with E-state index in [0.717, 1.165) is 19.6 Å². The number of para-hydroxylation sites is 1. The molecule has 1 aromatic carbocycles. The number of hydrogen-bond donors (Lipinski definition) is 1. The Balaban J connectivity index is 1.45. The van der Waals surface area contributed by atoms with Crippen LogP contribution in [0.2, 0.25) is 5.02 Å². The predicted octanol–water partition coefficient (Wildman–Crippen LogP) is 3.83. The maximum absolute atomic E-state index is 13.2. The molecule has 4 aliphatic heterocycles. The lowest BCUT2D eigenvalue weighted by atomic mass is 9.75. The van der Waals surface area contributed by atoms with Crippen molar-refractivity contribution in [3.05, 3.63) is 59.4 Å². The first kappa shape index (κ1) is 17.0. The minimum atomic E-state index is -0.0433. The molecule has 5 nitrogen and oxygen atoms in total. The number of likely N-dealkylation sites (tertiary alicyclic amines) is 1. The number of hydrogen-bond acceptors (Lipinski definition) is 3. The van der Waals surface area contributed by atoms with Gasteiger partial charge in [0.25, 0.3) is 0 Å². The number of fused-ring (bicyclic) bond motifs is 2. The number of anilines is 1. The van der Waals surface area contributed by atoms with Gasteiger partial charge in [0.1, 0.15) is 0 Å². The van der Waals surface area contributed by atoms with Crippen molar-refractivity contribution in [2.45, 2.75) is 30.8 Å². The highest BCUT2D eigenvalue weighted by atomic mass is 35.5. The van der Waals surface area contributed by atoms with Crippen LogP contribution in [0, 0.1) is 5.92 Å².